The molecule has 0 spiro atoms. The normalized spacial score (nSPS) is 20.2. The van der Waals surface area contributed by atoms with Crippen LogP contribution in [0.2, 0.25) is 10.0 Å². The molecule has 0 heterocycles. The number of carbonyl (C=O) groups is 1. The highest BCUT2D eigenvalue weighted by Gasteiger charge is 2.71. The van der Waals surface area contributed by atoms with Gasteiger partial charge in [-0.3, -0.25) is 4.79 Å². The van der Waals surface area contributed by atoms with Crippen LogP contribution in [0.25, 0.3) is 0 Å². The fraction of sp³-hybridized carbons (Fsp3) is 0.167. The molecule has 0 bridgehead atoms. The van der Waals surface area contributed by atoms with E-state index in [1.54, 1.807) is 12.1 Å². The number of hydrogen-bond acceptors (Lipinski definition) is 3. The van der Waals surface area contributed by atoms with Crippen molar-refractivity contribution < 1.29 is 9.18 Å². The van der Waals surface area contributed by atoms with Crippen LogP contribution in [0.1, 0.15) is 11.5 Å². The van der Waals surface area contributed by atoms with E-state index < -0.39 is 29.0 Å². The second-order valence-corrected chi connectivity index (χ2v) is 6.55. The Labute approximate surface area is 153 Å². The molecule has 124 valence electrons. The predicted molar refractivity (Wildman–Crippen MR) is 91.4 cm³/mol. The fourth-order valence-corrected chi connectivity index (χ4v) is 3.51. The summed E-state index contributed by atoms with van der Waals surface area (Å²) < 4.78 is 13.0. The highest BCUT2D eigenvalue weighted by Crippen LogP contribution is 2.65. The molecular weight excluding hydrogens is 364 g/mol. The zero-order chi connectivity index (χ0) is 18.2. The minimum Gasteiger partial charge on any atom is -0.326 e. The lowest BCUT2D eigenvalue weighted by Crippen LogP contribution is -2.17. The molecule has 2 aromatic rings. The molecule has 7 heteroatoms. The SMILES string of the molecule is N#CC1(C#N)[C@H](C(=O)Nc2ccc(F)cc2)[C@@H]1c1ccc(Cl)cc1Cl. The number of anilines is 1. The Balaban J connectivity index is 1.91. The first-order chi connectivity index (χ1) is 11.9. The Morgan fingerprint density at radius 2 is 1.76 bits per heavy atom. The van der Waals surface area contributed by atoms with E-state index in [1.807, 2.05) is 12.1 Å². The van der Waals surface area contributed by atoms with Crippen LogP contribution < -0.4 is 5.32 Å². The minimum absolute atomic E-state index is 0.296. The van der Waals surface area contributed by atoms with Crippen LogP contribution in [0.5, 0.6) is 0 Å². The van der Waals surface area contributed by atoms with Crippen molar-refractivity contribution in [2.75, 3.05) is 5.32 Å². The van der Waals surface area contributed by atoms with Gasteiger partial charge in [-0.25, -0.2) is 4.39 Å². The largest absolute Gasteiger partial charge is 0.326 e. The van der Waals surface area contributed by atoms with Crippen LogP contribution in [0.15, 0.2) is 42.5 Å². The molecule has 0 unspecified atom stereocenters. The maximum atomic E-state index is 13.0. The van der Waals surface area contributed by atoms with Gasteiger partial charge in [0, 0.05) is 21.7 Å². The molecule has 25 heavy (non-hydrogen) atoms. The van der Waals surface area contributed by atoms with Gasteiger partial charge >= 0.3 is 0 Å². The second kappa shape index (κ2) is 6.37. The van der Waals surface area contributed by atoms with Crippen molar-refractivity contribution >= 4 is 34.8 Å². The molecule has 0 aromatic heterocycles. The molecule has 1 aliphatic rings. The summed E-state index contributed by atoms with van der Waals surface area (Å²) in [6, 6.07) is 13.8. The lowest BCUT2D eigenvalue weighted by atomic mass is 10.0. The van der Waals surface area contributed by atoms with Gasteiger partial charge in [0.25, 0.3) is 0 Å². The van der Waals surface area contributed by atoms with Crippen molar-refractivity contribution in [3.63, 3.8) is 0 Å². The molecule has 1 N–H and O–H groups in total. The quantitative estimate of drug-likeness (QED) is 0.858. The van der Waals surface area contributed by atoms with Gasteiger partial charge in [0.1, 0.15) is 5.82 Å². The summed E-state index contributed by atoms with van der Waals surface area (Å²) in [6.45, 7) is 0. The summed E-state index contributed by atoms with van der Waals surface area (Å²) in [5.41, 5.74) is -0.598. The molecule has 0 aliphatic heterocycles. The molecule has 2 atom stereocenters. The number of nitriles is 2. The maximum Gasteiger partial charge on any atom is 0.230 e. The van der Waals surface area contributed by atoms with Gasteiger partial charge in [0.05, 0.1) is 18.1 Å². The first-order valence-corrected chi connectivity index (χ1v) is 8.02. The smallest absolute Gasteiger partial charge is 0.230 e. The lowest BCUT2D eigenvalue weighted by molar-refractivity contribution is -0.117. The summed E-state index contributed by atoms with van der Waals surface area (Å²) in [7, 11) is 0. The number of halogens is 3. The number of hydrogen-bond donors (Lipinski definition) is 1. The molecule has 0 radical (unpaired) electrons. The van der Waals surface area contributed by atoms with Crippen molar-refractivity contribution in [1.82, 2.24) is 0 Å². The van der Waals surface area contributed by atoms with E-state index in [4.69, 9.17) is 23.2 Å². The third-order valence-electron chi connectivity index (χ3n) is 4.27. The Kier molecular flexibility index (Phi) is 4.39. The van der Waals surface area contributed by atoms with Gasteiger partial charge in [-0.1, -0.05) is 29.3 Å². The Hall–Kier alpha value is -2.60. The van der Waals surface area contributed by atoms with E-state index in [1.165, 1.54) is 30.3 Å². The van der Waals surface area contributed by atoms with Gasteiger partial charge in [-0.2, -0.15) is 10.5 Å². The molecule has 4 nitrogen and oxygen atoms in total. The van der Waals surface area contributed by atoms with Crippen molar-refractivity contribution in [3.05, 3.63) is 63.9 Å². The molecule has 0 saturated heterocycles. The van der Waals surface area contributed by atoms with Crippen LogP contribution in [-0.4, -0.2) is 5.91 Å². The Bertz CT molecular complexity index is 917. The highest BCUT2D eigenvalue weighted by molar-refractivity contribution is 6.35. The Morgan fingerprint density at radius 1 is 1.12 bits per heavy atom. The summed E-state index contributed by atoms with van der Waals surface area (Å²) in [6.07, 6.45) is 0. The average Bonchev–Trinajstić information content (AvgIpc) is 3.26. The zero-order valence-electron chi connectivity index (χ0n) is 12.6. The van der Waals surface area contributed by atoms with E-state index in [0.29, 0.717) is 21.3 Å². The fourth-order valence-electron chi connectivity index (χ4n) is 2.98. The van der Waals surface area contributed by atoms with E-state index in [2.05, 4.69) is 5.32 Å². The number of rotatable bonds is 3. The van der Waals surface area contributed by atoms with E-state index >= 15 is 0 Å². The van der Waals surface area contributed by atoms with Crippen molar-refractivity contribution in [3.8, 4) is 12.1 Å². The van der Waals surface area contributed by atoms with Gasteiger partial charge in [0.2, 0.25) is 5.91 Å². The number of carbonyl (C=O) groups excluding carboxylic acids is 1. The van der Waals surface area contributed by atoms with Crippen LogP contribution in [0, 0.1) is 39.8 Å². The number of nitrogens with one attached hydrogen (secondary N) is 1. The molecule has 1 saturated carbocycles. The topological polar surface area (TPSA) is 76.7 Å². The van der Waals surface area contributed by atoms with Crippen molar-refractivity contribution in [2.45, 2.75) is 5.92 Å². The summed E-state index contributed by atoms with van der Waals surface area (Å²) >= 11 is 12.1. The Morgan fingerprint density at radius 3 is 2.32 bits per heavy atom. The third kappa shape index (κ3) is 2.93. The monoisotopic (exact) mass is 373 g/mol. The summed E-state index contributed by atoms with van der Waals surface area (Å²) in [5, 5.41) is 22.3. The molecule has 1 amide bonds. The third-order valence-corrected chi connectivity index (χ3v) is 4.83. The lowest BCUT2D eigenvalue weighted by Gasteiger charge is -2.05. The van der Waals surface area contributed by atoms with E-state index in [9.17, 15) is 19.7 Å². The minimum atomic E-state index is -1.50. The second-order valence-electron chi connectivity index (χ2n) is 5.71. The van der Waals surface area contributed by atoms with Crippen LogP contribution in [-0.2, 0) is 4.79 Å². The van der Waals surface area contributed by atoms with Gasteiger partial charge in [-0.15, -0.1) is 0 Å². The van der Waals surface area contributed by atoms with Crippen LogP contribution >= 0.6 is 23.2 Å². The molecule has 1 fully saturated rings. The zero-order valence-corrected chi connectivity index (χ0v) is 14.1. The average molecular weight is 374 g/mol. The number of nitrogens with zero attached hydrogens (tertiary/aromatic N) is 2. The van der Waals surface area contributed by atoms with Crippen molar-refractivity contribution in [1.29, 1.82) is 10.5 Å². The first-order valence-electron chi connectivity index (χ1n) is 7.27. The summed E-state index contributed by atoms with van der Waals surface area (Å²) in [5.74, 6) is -2.47. The van der Waals surface area contributed by atoms with Crippen LogP contribution in [0.3, 0.4) is 0 Å². The van der Waals surface area contributed by atoms with Gasteiger partial charge in [-0.05, 0) is 42.0 Å². The van der Waals surface area contributed by atoms with Crippen LogP contribution in [0.4, 0.5) is 10.1 Å². The van der Waals surface area contributed by atoms with E-state index in [0.717, 1.165) is 0 Å². The molecule has 3 rings (SSSR count). The summed E-state index contributed by atoms with van der Waals surface area (Å²) in [4.78, 5) is 12.6. The standard InChI is InChI=1S/C18H10Cl2FN3O/c19-10-1-6-13(14(20)7-10)15-16(18(15,8-22)9-23)17(25)24-12-4-2-11(21)3-5-12/h1-7,15-16H,(H,24,25)/t15-,16-/m0/s1. The highest BCUT2D eigenvalue weighted by atomic mass is 35.5. The van der Waals surface area contributed by atoms with Crippen molar-refractivity contribution in [2.24, 2.45) is 11.3 Å². The predicted octanol–water partition coefficient (Wildman–Crippen LogP) is 4.52. The van der Waals surface area contributed by atoms with Gasteiger partial charge in [0.15, 0.2) is 5.41 Å². The number of amides is 1. The van der Waals surface area contributed by atoms with Gasteiger partial charge < -0.3 is 5.32 Å². The molecule has 1 aliphatic carbocycles. The maximum absolute atomic E-state index is 13.0. The van der Waals surface area contributed by atoms with E-state index in [-0.39, 0.29) is 0 Å². The molecular formula is C18H10Cl2FN3O. The molecule has 2 aromatic carbocycles. The first kappa shape index (κ1) is 17.2. The number of benzene rings is 2.